The molecule has 0 radical (unpaired) electrons. The first kappa shape index (κ1) is 11.7. The van der Waals surface area contributed by atoms with Gasteiger partial charge in [-0.05, 0) is 25.0 Å². The number of benzene rings is 1. The van der Waals surface area contributed by atoms with Crippen LogP contribution in [0.1, 0.15) is 12.8 Å². The minimum absolute atomic E-state index is 0.262. The Morgan fingerprint density at radius 3 is 3.00 bits per heavy atom. The van der Waals surface area contributed by atoms with E-state index in [4.69, 9.17) is 16.9 Å². The number of nitrogens with zero attached hydrogens (tertiary/aromatic N) is 2. The van der Waals surface area contributed by atoms with Crippen molar-refractivity contribution in [3.63, 3.8) is 0 Å². The predicted octanol–water partition coefficient (Wildman–Crippen LogP) is 2.86. The molecular weight excluding hydrogens is 238 g/mol. The van der Waals surface area contributed by atoms with Crippen molar-refractivity contribution in [2.24, 2.45) is 0 Å². The van der Waals surface area contributed by atoms with Gasteiger partial charge in [-0.2, -0.15) is 5.26 Å². The lowest BCUT2D eigenvalue weighted by atomic mass is 10.2. The summed E-state index contributed by atoms with van der Waals surface area (Å²) in [5, 5.41) is 12.1. The molecule has 1 heterocycles. The Balaban J connectivity index is 2.07. The van der Waals surface area contributed by atoms with Crippen molar-refractivity contribution < 1.29 is 4.79 Å². The van der Waals surface area contributed by atoms with Crippen LogP contribution in [0.4, 0.5) is 10.5 Å². The number of nitrogens with one attached hydrogen (secondary N) is 1. The molecule has 0 aromatic heterocycles. The Bertz CT molecular complexity index is 469. The summed E-state index contributed by atoms with van der Waals surface area (Å²) in [6.45, 7) is 0.620. The van der Waals surface area contributed by atoms with Crippen LogP contribution in [0.25, 0.3) is 0 Å². The van der Waals surface area contributed by atoms with E-state index >= 15 is 0 Å². The molecule has 1 saturated heterocycles. The van der Waals surface area contributed by atoms with Gasteiger partial charge in [-0.15, -0.1) is 0 Å². The smallest absolute Gasteiger partial charge is 0.308 e. The highest BCUT2D eigenvalue weighted by Crippen LogP contribution is 2.23. The molecule has 1 unspecified atom stereocenters. The Morgan fingerprint density at radius 2 is 2.29 bits per heavy atom. The maximum absolute atomic E-state index is 11.9. The number of para-hydroxylation sites is 1. The van der Waals surface area contributed by atoms with Gasteiger partial charge in [0.1, 0.15) is 6.04 Å². The van der Waals surface area contributed by atoms with Crippen LogP contribution in [-0.4, -0.2) is 23.5 Å². The third-order valence-corrected chi connectivity index (χ3v) is 3.11. The second-order valence-corrected chi connectivity index (χ2v) is 4.30. The molecule has 1 aliphatic rings. The van der Waals surface area contributed by atoms with Crippen LogP contribution in [0, 0.1) is 11.3 Å². The number of urea groups is 1. The second kappa shape index (κ2) is 5.07. The van der Waals surface area contributed by atoms with E-state index in [1.807, 2.05) is 0 Å². The topological polar surface area (TPSA) is 56.1 Å². The standard InChI is InChI=1S/C12H12ClN3O/c13-10-5-1-2-6-11(10)15-12(17)16-7-3-4-9(16)8-14/h1-2,5-6,9H,3-4,7H2,(H,15,17). The molecule has 0 spiro atoms. The molecule has 2 rings (SSSR count). The number of nitriles is 1. The van der Waals surface area contributed by atoms with Gasteiger partial charge in [0.05, 0.1) is 16.8 Å². The zero-order valence-corrected chi connectivity index (χ0v) is 9.94. The molecular formula is C12H12ClN3O. The van der Waals surface area contributed by atoms with Crippen LogP contribution in [0.2, 0.25) is 5.02 Å². The molecule has 1 aliphatic heterocycles. The summed E-state index contributed by atoms with van der Waals surface area (Å²) >= 11 is 5.95. The van der Waals surface area contributed by atoms with Crippen molar-refractivity contribution in [3.05, 3.63) is 29.3 Å². The quantitative estimate of drug-likeness (QED) is 0.832. The van der Waals surface area contributed by atoms with Crippen molar-refractivity contribution in [1.29, 1.82) is 5.26 Å². The number of carbonyl (C=O) groups excluding carboxylic acids is 1. The SMILES string of the molecule is N#CC1CCCN1C(=O)Nc1ccccc1Cl. The lowest BCUT2D eigenvalue weighted by Crippen LogP contribution is -2.37. The van der Waals surface area contributed by atoms with Crippen molar-refractivity contribution >= 4 is 23.3 Å². The Morgan fingerprint density at radius 1 is 1.53 bits per heavy atom. The van der Waals surface area contributed by atoms with E-state index in [1.165, 1.54) is 0 Å². The maximum atomic E-state index is 11.9. The molecule has 1 atom stereocenters. The molecule has 1 aromatic carbocycles. The van der Waals surface area contributed by atoms with Gasteiger partial charge in [0, 0.05) is 6.54 Å². The highest BCUT2D eigenvalue weighted by atomic mass is 35.5. The van der Waals surface area contributed by atoms with E-state index in [2.05, 4.69) is 11.4 Å². The molecule has 88 valence electrons. The van der Waals surface area contributed by atoms with Gasteiger partial charge in [0.15, 0.2) is 0 Å². The Hall–Kier alpha value is -1.73. The lowest BCUT2D eigenvalue weighted by Gasteiger charge is -2.20. The van der Waals surface area contributed by atoms with Crippen LogP contribution in [0.5, 0.6) is 0 Å². The van der Waals surface area contributed by atoms with E-state index in [0.29, 0.717) is 17.3 Å². The first-order chi connectivity index (χ1) is 8.22. The van der Waals surface area contributed by atoms with Crippen LogP contribution in [0.15, 0.2) is 24.3 Å². The van der Waals surface area contributed by atoms with Crippen LogP contribution >= 0.6 is 11.6 Å². The number of rotatable bonds is 1. The molecule has 1 N–H and O–H groups in total. The van der Waals surface area contributed by atoms with E-state index in [0.717, 1.165) is 12.8 Å². The normalized spacial score (nSPS) is 18.8. The van der Waals surface area contributed by atoms with Gasteiger partial charge in [0.2, 0.25) is 0 Å². The fourth-order valence-electron chi connectivity index (χ4n) is 1.89. The number of likely N-dealkylation sites (tertiary alicyclic amines) is 1. The third-order valence-electron chi connectivity index (χ3n) is 2.78. The molecule has 1 aromatic rings. The van der Waals surface area contributed by atoms with E-state index < -0.39 is 0 Å². The van der Waals surface area contributed by atoms with Gasteiger partial charge in [-0.3, -0.25) is 0 Å². The van der Waals surface area contributed by atoms with Crippen molar-refractivity contribution in [2.45, 2.75) is 18.9 Å². The van der Waals surface area contributed by atoms with Crippen molar-refractivity contribution in [3.8, 4) is 6.07 Å². The summed E-state index contributed by atoms with van der Waals surface area (Å²) in [5.41, 5.74) is 0.572. The molecule has 4 nitrogen and oxygen atoms in total. The van der Waals surface area contributed by atoms with Crippen molar-refractivity contribution in [1.82, 2.24) is 4.90 Å². The minimum atomic E-state index is -0.322. The summed E-state index contributed by atoms with van der Waals surface area (Å²) in [6.07, 6.45) is 1.61. The summed E-state index contributed by atoms with van der Waals surface area (Å²) < 4.78 is 0. The third kappa shape index (κ3) is 2.51. The first-order valence-corrected chi connectivity index (χ1v) is 5.82. The van der Waals surface area contributed by atoms with E-state index in [9.17, 15) is 4.79 Å². The van der Waals surface area contributed by atoms with Gasteiger partial charge in [0.25, 0.3) is 0 Å². The number of hydrogen-bond donors (Lipinski definition) is 1. The molecule has 0 bridgehead atoms. The molecule has 5 heteroatoms. The zero-order chi connectivity index (χ0) is 12.3. The summed E-state index contributed by atoms with van der Waals surface area (Å²) in [7, 11) is 0. The van der Waals surface area contributed by atoms with E-state index in [1.54, 1.807) is 29.2 Å². The summed E-state index contributed by atoms with van der Waals surface area (Å²) in [5.74, 6) is 0. The maximum Gasteiger partial charge on any atom is 0.322 e. The minimum Gasteiger partial charge on any atom is -0.308 e. The average molecular weight is 250 g/mol. The number of hydrogen-bond acceptors (Lipinski definition) is 2. The number of carbonyl (C=O) groups is 1. The van der Waals surface area contributed by atoms with Crippen LogP contribution < -0.4 is 5.32 Å². The van der Waals surface area contributed by atoms with Gasteiger partial charge in [-0.25, -0.2) is 4.79 Å². The van der Waals surface area contributed by atoms with Crippen LogP contribution in [0.3, 0.4) is 0 Å². The summed E-state index contributed by atoms with van der Waals surface area (Å²) in [6, 6.07) is 8.59. The fourth-order valence-corrected chi connectivity index (χ4v) is 2.08. The van der Waals surface area contributed by atoms with Gasteiger partial charge < -0.3 is 10.2 Å². The molecule has 0 aliphatic carbocycles. The number of halogens is 1. The van der Waals surface area contributed by atoms with Crippen molar-refractivity contribution in [2.75, 3.05) is 11.9 Å². The lowest BCUT2D eigenvalue weighted by molar-refractivity contribution is 0.215. The Labute approximate surface area is 105 Å². The Kier molecular flexibility index (Phi) is 3.50. The predicted molar refractivity (Wildman–Crippen MR) is 65.8 cm³/mol. The fraction of sp³-hybridized carbons (Fsp3) is 0.333. The second-order valence-electron chi connectivity index (χ2n) is 3.89. The first-order valence-electron chi connectivity index (χ1n) is 5.44. The molecule has 17 heavy (non-hydrogen) atoms. The average Bonchev–Trinajstić information content (AvgIpc) is 2.80. The number of amides is 2. The van der Waals surface area contributed by atoms with Gasteiger partial charge in [-0.1, -0.05) is 23.7 Å². The highest BCUT2D eigenvalue weighted by molar-refractivity contribution is 6.33. The monoisotopic (exact) mass is 249 g/mol. The molecule has 0 saturated carbocycles. The number of anilines is 1. The van der Waals surface area contributed by atoms with Gasteiger partial charge >= 0.3 is 6.03 Å². The molecule has 1 fully saturated rings. The molecule has 2 amide bonds. The van der Waals surface area contributed by atoms with Crippen LogP contribution in [-0.2, 0) is 0 Å². The van der Waals surface area contributed by atoms with E-state index in [-0.39, 0.29) is 12.1 Å². The summed E-state index contributed by atoms with van der Waals surface area (Å²) in [4.78, 5) is 13.5. The highest BCUT2D eigenvalue weighted by Gasteiger charge is 2.28. The largest absolute Gasteiger partial charge is 0.322 e. The zero-order valence-electron chi connectivity index (χ0n) is 9.19.